The van der Waals surface area contributed by atoms with E-state index in [4.69, 9.17) is 9.47 Å². The van der Waals surface area contributed by atoms with Crippen LogP contribution in [-0.2, 0) is 36.8 Å². The van der Waals surface area contributed by atoms with Crippen molar-refractivity contribution >= 4 is 29.4 Å². The van der Waals surface area contributed by atoms with E-state index in [0.29, 0.717) is 5.56 Å². The molecule has 4 rings (SSSR count). The van der Waals surface area contributed by atoms with Crippen LogP contribution in [0.5, 0.6) is 5.75 Å². The molecular formula is C39H53NO11. The van der Waals surface area contributed by atoms with Crippen LogP contribution in [0, 0.1) is 28.1 Å². The van der Waals surface area contributed by atoms with Crippen LogP contribution < -0.4 is 0 Å². The first-order valence-electron chi connectivity index (χ1n) is 17.5. The molecule has 1 amide bonds. The molecule has 0 heterocycles. The maximum atomic E-state index is 14.7. The number of ketones is 3. The topological polar surface area (TPSA) is 188 Å². The Hall–Kier alpha value is -4.19. The normalized spacial score (nSPS) is 26.2. The Kier molecular flexibility index (Phi) is 10.4. The number of hydrogen-bond acceptors (Lipinski definition) is 11. The number of hydrogen-bond donors (Lipinski definition) is 4. The highest BCUT2D eigenvalue weighted by atomic mass is 16.6. The molecule has 4 N–H and O–H groups in total. The zero-order chi connectivity index (χ0) is 38.8. The van der Waals surface area contributed by atoms with Gasteiger partial charge in [-0.1, -0.05) is 62.3 Å². The van der Waals surface area contributed by atoms with Crippen molar-refractivity contribution in [3.63, 3.8) is 0 Å². The van der Waals surface area contributed by atoms with Gasteiger partial charge in [0.15, 0.2) is 17.2 Å². The third-order valence-electron chi connectivity index (χ3n) is 10.6. The van der Waals surface area contributed by atoms with E-state index >= 15 is 0 Å². The van der Waals surface area contributed by atoms with Gasteiger partial charge in [0, 0.05) is 41.4 Å². The quantitative estimate of drug-likeness (QED) is 0.133. The second-order valence-electron chi connectivity index (χ2n) is 16.8. The summed E-state index contributed by atoms with van der Waals surface area (Å²) in [5.41, 5.74) is -5.23. The first-order valence-corrected chi connectivity index (χ1v) is 17.5. The summed E-state index contributed by atoms with van der Waals surface area (Å²) in [7, 11) is 0. The predicted octanol–water partition coefficient (Wildman–Crippen LogP) is 6.02. The number of aliphatic hydroxyl groups is 3. The minimum absolute atomic E-state index is 0.0104. The summed E-state index contributed by atoms with van der Waals surface area (Å²) in [5, 5.41) is 47.7. The van der Waals surface area contributed by atoms with Crippen molar-refractivity contribution in [3.8, 4) is 5.75 Å². The zero-order valence-electron chi connectivity index (χ0n) is 31.6. The standard InChI is InChI=1S/C39H53NO11/c1-19(2)24-14-23(16-40(18-36(7,8)9)35(48)51-13-12-50-22(6)42)30(43)27-25(24)15-37(10)17-38(11)28(20(3)4)31(44)26(21(5)41)33(46)39(38,49)34(47)29(37)32(27)45/h14,19-20,28,43-44,47,49H,12-13,15-18H2,1-11H3/t28?,37-,38-,39+/m1/s1. The summed E-state index contributed by atoms with van der Waals surface area (Å²) in [6, 6.07) is 1.77. The highest BCUT2D eigenvalue weighted by Gasteiger charge is 2.71. The Balaban J connectivity index is 1.91. The van der Waals surface area contributed by atoms with Gasteiger partial charge in [-0.2, -0.15) is 0 Å². The lowest BCUT2D eigenvalue weighted by Gasteiger charge is -2.59. The number of esters is 1. The monoisotopic (exact) mass is 711 g/mol. The van der Waals surface area contributed by atoms with Gasteiger partial charge < -0.3 is 34.8 Å². The predicted molar refractivity (Wildman–Crippen MR) is 187 cm³/mol. The minimum atomic E-state index is -2.72. The van der Waals surface area contributed by atoms with Gasteiger partial charge in [0.25, 0.3) is 0 Å². The average molecular weight is 712 g/mol. The first-order chi connectivity index (χ1) is 23.3. The van der Waals surface area contributed by atoms with Gasteiger partial charge in [-0.05, 0) is 54.2 Å². The molecule has 280 valence electrons. The molecule has 51 heavy (non-hydrogen) atoms. The molecule has 1 unspecified atom stereocenters. The Labute approximate surface area is 299 Å². The highest BCUT2D eigenvalue weighted by molar-refractivity contribution is 6.25. The minimum Gasteiger partial charge on any atom is -0.511 e. The highest BCUT2D eigenvalue weighted by Crippen LogP contribution is 2.65. The summed E-state index contributed by atoms with van der Waals surface area (Å²) in [5.74, 6) is -6.44. The molecule has 0 aromatic heterocycles. The SMILES string of the molecule is CC(=O)OCCOC(=O)N(Cc1cc(C(C)C)c2c(c1O)C(=O)C1=C(O)[C@@]3(O)C(=O)C(C(C)=O)=C(O)C(C(C)C)[C@@]3(C)C[C@@]1(C)C2)CC(C)(C)C. The molecule has 12 nitrogen and oxygen atoms in total. The molecule has 0 fully saturated rings. The van der Waals surface area contributed by atoms with Crippen molar-refractivity contribution in [1.29, 1.82) is 0 Å². The fraction of sp³-hybridized carbons (Fsp3) is 0.615. The van der Waals surface area contributed by atoms with Gasteiger partial charge in [-0.15, -0.1) is 0 Å². The van der Waals surface area contributed by atoms with E-state index < -0.39 is 80.0 Å². The van der Waals surface area contributed by atoms with E-state index in [1.165, 1.54) is 11.8 Å². The van der Waals surface area contributed by atoms with Gasteiger partial charge in [-0.3, -0.25) is 19.2 Å². The summed E-state index contributed by atoms with van der Waals surface area (Å²) < 4.78 is 10.2. The molecule has 0 bridgehead atoms. The van der Waals surface area contributed by atoms with Crippen LogP contribution in [0.3, 0.4) is 0 Å². The number of allylic oxidation sites excluding steroid dienone is 2. The number of carbonyl (C=O) groups is 5. The van der Waals surface area contributed by atoms with Gasteiger partial charge in [0.2, 0.25) is 5.78 Å². The molecule has 3 aliphatic rings. The van der Waals surface area contributed by atoms with E-state index in [2.05, 4.69) is 0 Å². The lowest BCUT2D eigenvalue weighted by Crippen LogP contribution is -2.67. The third kappa shape index (κ3) is 6.56. The molecule has 4 atom stereocenters. The molecule has 0 radical (unpaired) electrons. The van der Waals surface area contributed by atoms with E-state index in [1.54, 1.807) is 33.8 Å². The molecule has 1 aromatic carbocycles. The van der Waals surface area contributed by atoms with Crippen molar-refractivity contribution in [3.05, 3.63) is 51.0 Å². The second kappa shape index (κ2) is 13.4. The Bertz CT molecular complexity index is 1750. The van der Waals surface area contributed by atoms with Crippen LogP contribution in [0.25, 0.3) is 0 Å². The summed E-state index contributed by atoms with van der Waals surface area (Å²) in [6.45, 7) is 18.6. The number of carbonyl (C=O) groups excluding carboxylic acids is 5. The number of amides is 1. The van der Waals surface area contributed by atoms with Crippen LogP contribution in [0.1, 0.15) is 116 Å². The first kappa shape index (κ1) is 39.6. The maximum Gasteiger partial charge on any atom is 0.410 e. The van der Waals surface area contributed by atoms with Crippen molar-refractivity contribution in [1.82, 2.24) is 4.90 Å². The van der Waals surface area contributed by atoms with Crippen LogP contribution >= 0.6 is 0 Å². The van der Waals surface area contributed by atoms with Crippen LogP contribution in [0.2, 0.25) is 0 Å². The fourth-order valence-corrected chi connectivity index (χ4v) is 8.89. The smallest absolute Gasteiger partial charge is 0.410 e. The van der Waals surface area contributed by atoms with Crippen LogP contribution in [-0.4, -0.2) is 80.1 Å². The average Bonchev–Trinajstić information content (AvgIpc) is 2.96. The maximum absolute atomic E-state index is 14.7. The molecular weight excluding hydrogens is 658 g/mol. The van der Waals surface area contributed by atoms with Crippen LogP contribution in [0.15, 0.2) is 28.7 Å². The molecule has 0 saturated carbocycles. The van der Waals surface area contributed by atoms with Gasteiger partial charge in [-0.25, -0.2) is 4.79 Å². The van der Waals surface area contributed by atoms with Crippen molar-refractivity contribution in [2.45, 2.75) is 107 Å². The van der Waals surface area contributed by atoms with E-state index in [0.717, 1.165) is 12.5 Å². The number of rotatable bonds is 9. The number of aliphatic hydroxyl groups excluding tert-OH is 2. The molecule has 3 aliphatic carbocycles. The van der Waals surface area contributed by atoms with E-state index in [9.17, 15) is 44.4 Å². The number of phenolic OH excluding ortho intramolecular Hbond substituents is 1. The summed E-state index contributed by atoms with van der Waals surface area (Å²) in [4.78, 5) is 67.3. The van der Waals surface area contributed by atoms with Gasteiger partial charge in [0.1, 0.15) is 36.1 Å². The van der Waals surface area contributed by atoms with Crippen molar-refractivity contribution < 1.29 is 53.9 Å². The number of fused-ring (bicyclic) bond motifs is 3. The fourth-order valence-electron chi connectivity index (χ4n) is 8.89. The molecule has 12 heteroatoms. The second-order valence-corrected chi connectivity index (χ2v) is 16.8. The molecule has 1 aromatic rings. The molecule has 0 aliphatic heterocycles. The number of Topliss-reactive ketones (excluding diaryl/α,β-unsaturated/α-hetero) is 3. The van der Waals surface area contributed by atoms with Crippen LogP contribution in [0.4, 0.5) is 4.79 Å². The summed E-state index contributed by atoms with van der Waals surface area (Å²) >= 11 is 0. The van der Waals surface area contributed by atoms with E-state index in [1.807, 2.05) is 34.6 Å². The summed E-state index contributed by atoms with van der Waals surface area (Å²) in [6.07, 6.45) is -0.585. The Morgan fingerprint density at radius 1 is 1.00 bits per heavy atom. The van der Waals surface area contributed by atoms with E-state index in [-0.39, 0.29) is 67.7 Å². The number of aromatic hydroxyl groups is 1. The number of benzene rings is 1. The lowest BCUT2D eigenvalue weighted by molar-refractivity contribution is -0.171. The largest absolute Gasteiger partial charge is 0.511 e. The third-order valence-corrected chi connectivity index (χ3v) is 10.6. The number of ether oxygens (including phenoxy) is 2. The Morgan fingerprint density at radius 3 is 2.10 bits per heavy atom. The van der Waals surface area contributed by atoms with Gasteiger partial charge in [0.05, 0.1) is 12.1 Å². The van der Waals surface area contributed by atoms with Gasteiger partial charge >= 0.3 is 12.1 Å². The zero-order valence-corrected chi connectivity index (χ0v) is 31.6. The van der Waals surface area contributed by atoms with Crippen molar-refractivity contribution in [2.75, 3.05) is 19.8 Å². The lowest BCUT2D eigenvalue weighted by atomic mass is 9.44. The number of phenols is 1. The molecule has 0 saturated heterocycles. The number of nitrogens with zero attached hydrogens (tertiary/aromatic N) is 1. The van der Waals surface area contributed by atoms with Crippen molar-refractivity contribution in [2.24, 2.45) is 28.1 Å². The molecule has 0 spiro atoms. The Morgan fingerprint density at radius 2 is 1.59 bits per heavy atom.